The van der Waals surface area contributed by atoms with Crippen LogP contribution < -0.4 is 16.2 Å². The summed E-state index contributed by atoms with van der Waals surface area (Å²) < 4.78 is 23.2. The summed E-state index contributed by atoms with van der Waals surface area (Å²) in [6, 6.07) is 9.55. The van der Waals surface area contributed by atoms with Crippen molar-refractivity contribution < 1.29 is 8.42 Å². The van der Waals surface area contributed by atoms with Crippen LogP contribution in [0.3, 0.4) is 0 Å². The molecular weight excluding hydrogens is 366 g/mol. The highest BCUT2D eigenvalue weighted by atomic mass is 79.9. The molecule has 0 unspecified atom stereocenters. The number of anilines is 3. The molecule has 5 N–H and O–H groups in total. The van der Waals surface area contributed by atoms with Gasteiger partial charge in [0.2, 0.25) is 10.0 Å². The van der Waals surface area contributed by atoms with Crippen LogP contribution in [-0.4, -0.2) is 8.42 Å². The van der Waals surface area contributed by atoms with Gasteiger partial charge in [0.1, 0.15) is 0 Å². The second kappa shape index (κ2) is 5.61. The van der Waals surface area contributed by atoms with Crippen LogP contribution in [0.15, 0.2) is 45.8 Å². The van der Waals surface area contributed by atoms with E-state index in [1.54, 1.807) is 18.2 Å². The molecule has 0 aliphatic carbocycles. The highest BCUT2D eigenvalue weighted by Gasteiger charge is 2.10. The standard InChI is InChI=1S/C12H11BrClN3O2S/c13-9-3-1-7(5-10(9)14)17-12-4-2-8(6-11(12)15)20(16,18)19/h1-6,17H,15H2,(H2,16,18,19). The molecular formula is C12H11BrClN3O2S. The topological polar surface area (TPSA) is 98.2 Å². The number of halogens is 2. The van der Waals surface area contributed by atoms with Gasteiger partial charge in [-0.05, 0) is 52.3 Å². The molecule has 0 fully saturated rings. The van der Waals surface area contributed by atoms with Gasteiger partial charge >= 0.3 is 0 Å². The van der Waals surface area contributed by atoms with E-state index in [0.717, 1.165) is 10.2 Å². The van der Waals surface area contributed by atoms with E-state index in [9.17, 15) is 8.42 Å². The Hall–Kier alpha value is -1.28. The SMILES string of the molecule is Nc1cc(S(N)(=O)=O)ccc1Nc1ccc(Br)c(Cl)c1. The minimum absolute atomic E-state index is 0.0330. The second-order valence-electron chi connectivity index (χ2n) is 4.05. The predicted molar refractivity (Wildman–Crippen MR) is 84.7 cm³/mol. The summed E-state index contributed by atoms with van der Waals surface area (Å²) in [4.78, 5) is -0.0330. The smallest absolute Gasteiger partial charge is 0.238 e. The third kappa shape index (κ3) is 3.43. The van der Waals surface area contributed by atoms with Gasteiger partial charge < -0.3 is 11.1 Å². The zero-order valence-electron chi connectivity index (χ0n) is 10.1. The lowest BCUT2D eigenvalue weighted by molar-refractivity contribution is 0.598. The summed E-state index contributed by atoms with van der Waals surface area (Å²) in [6.07, 6.45) is 0. The van der Waals surface area contributed by atoms with Gasteiger partial charge in [0.25, 0.3) is 0 Å². The summed E-state index contributed by atoms with van der Waals surface area (Å²) in [5.41, 5.74) is 7.38. The zero-order chi connectivity index (χ0) is 14.9. The quantitative estimate of drug-likeness (QED) is 0.717. The third-order valence-corrected chi connectivity index (χ3v) is 4.69. The lowest BCUT2D eigenvalue weighted by atomic mass is 10.2. The molecule has 0 spiro atoms. The summed E-state index contributed by atoms with van der Waals surface area (Å²) >= 11 is 9.29. The van der Waals surface area contributed by atoms with Crippen LogP contribution in [-0.2, 0) is 10.0 Å². The minimum Gasteiger partial charge on any atom is -0.397 e. The van der Waals surface area contributed by atoms with Crippen molar-refractivity contribution in [3.63, 3.8) is 0 Å². The van der Waals surface area contributed by atoms with Crippen LogP contribution >= 0.6 is 27.5 Å². The number of sulfonamides is 1. The number of hydrogen-bond donors (Lipinski definition) is 3. The molecule has 2 rings (SSSR count). The average molecular weight is 377 g/mol. The van der Waals surface area contributed by atoms with E-state index < -0.39 is 10.0 Å². The summed E-state index contributed by atoms with van der Waals surface area (Å²) in [7, 11) is -3.76. The largest absolute Gasteiger partial charge is 0.397 e. The van der Waals surface area contributed by atoms with Crippen molar-refractivity contribution in [2.24, 2.45) is 5.14 Å². The maximum Gasteiger partial charge on any atom is 0.238 e. The fourth-order valence-electron chi connectivity index (χ4n) is 1.56. The van der Waals surface area contributed by atoms with E-state index in [0.29, 0.717) is 10.7 Å². The van der Waals surface area contributed by atoms with Gasteiger partial charge in [-0.3, -0.25) is 0 Å². The zero-order valence-corrected chi connectivity index (χ0v) is 13.3. The van der Waals surface area contributed by atoms with Gasteiger partial charge in [0.05, 0.1) is 21.3 Å². The Kier molecular flexibility index (Phi) is 4.24. The van der Waals surface area contributed by atoms with Gasteiger partial charge in [-0.15, -0.1) is 0 Å². The monoisotopic (exact) mass is 375 g/mol. The number of nitrogens with two attached hydrogens (primary N) is 2. The molecule has 20 heavy (non-hydrogen) atoms. The Morgan fingerprint density at radius 1 is 1.15 bits per heavy atom. The average Bonchev–Trinajstić information content (AvgIpc) is 2.35. The first-order valence-corrected chi connectivity index (χ1v) is 8.13. The molecule has 8 heteroatoms. The molecule has 106 valence electrons. The van der Waals surface area contributed by atoms with Gasteiger partial charge in [0, 0.05) is 10.2 Å². The molecule has 0 atom stereocenters. The Morgan fingerprint density at radius 2 is 1.85 bits per heavy atom. The van der Waals surface area contributed by atoms with Gasteiger partial charge in [0.15, 0.2) is 0 Å². The van der Waals surface area contributed by atoms with Crippen molar-refractivity contribution in [1.82, 2.24) is 0 Å². The van der Waals surface area contributed by atoms with Gasteiger partial charge in [-0.2, -0.15) is 0 Å². The van der Waals surface area contributed by atoms with Crippen LogP contribution in [0.4, 0.5) is 17.1 Å². The molecule has 0 aliphatic heterocycles. The second-order valence-corrected chi connectivity index (χ2v) is 6.87. The summed E-state index contributed by atoms with van der Waals surface area (Å²) in [5, 5.41) is 8.64. The number of nitrogens with one attached hydrogen (secondary N) is 1. The van der Waals surface area contributed by atoms with Crippen molar-refractivity contribution in [2.45, 2.75) is 4.90 Å². The highest BCUT2D eigenvalue weighted by Crippen LogP contribution is 2.30. The van der Waals surface area contributed by atoms with Crippen LogP contribution in [0.2, 0.25) is 5.02 Å². The van der Waals surface area contributed by atoms with Crippen molar-refractivity contribution in [3.05, 3.63) is 45.9 Å². The van der Waals surface area contributed by atoms with Gasteiger partial charge in [-0.1, -0.05) is 11.6 Å². The molecule has 0 radical (unpaired) electrons. The van der Waals surface area contributed by atoms with Crippen LogP contribution in [0.5, 0.6) is 0 Å². The van der Waals surface area contributed by atoms with Crippen molar-refractivity contribution in [2.75, 3.05) is 11.1 Å². The fraction of sp³-hybridized carbons (Fsp3) is 0. The van der Waals surface area contributed by atoms with E-state index in [-0.39, 0.29) is 10.6 Å². The Labute approximate surface area is 130 Å². The number of nitrogen functional groups attached to an aromatic ring is 1. The molecule has 0 bridgehead atoms. The summed E-state index contributed by atoms with van der Waals surface area (Å²) in [5.74, 6) is 0. The summed E-state index contributed by atoms with van der Waals surface area (Å²) in [6.45, 7) is 0. The Bertz CT molecular complexity index is 765. The van der Waals surface area contributed by atoms with Gasteiger partial charge in [-0.25, -0.2) is 13.6 Å². The first kappa shape index (κ1) is 15.1. The van der Waals surface area contributed by atoms with E-state index in [2.05, 4.69) is 21.2 Å². The highest BCUT2D eigenvalue weighted by molar-refractivity contribution is 9.10. The number of hydrogen-bond acceptors (Lipinski definition) is 4. The number of primary sulfonamides is 1. The third-order valence-electron chi connectivity index (χ3n) is 2.55. The Balaban J connectivity index is 2.32. The van der Waals surface area contributed by atoms with Crippen LogP contribution in [0.25, 0.3) is 0 Å². The van der Waals surface area contributed by atoms with Crippen molar-refractivity contribution >= 4 is 54.6 Å². The molecule has 0 amide bonds. The van der Waals surface area contributed by atoms with Crippen molar-refractivity contribution in [3.8, 4) is 0 Å². The first-order valence-electron chi connectivity index (χ1n) is 5.42. The van der Waals surface area contributed by atoms with Crippen LogP contribution in [0, 0.1) is 0 Å². The lowest BCUT2D eigenvalue weighted by Gasteiger charge is -2.11. The van der Waals surface area contributed by atoms with E-state index in [1.807, 2.05) is 6.07 Å². The molecule has 2 aromatic carbocycles. The van der Waals surface area contributed by atoms with Crippen LogP contribution in [0.1, 0.15) is 0 Å². The molecule has 0 saturated carbocycles. The normalized spacial score (nSPS) is 11.3. The van der Waals surface area contributed by atoms with Crippen molar-refractivity contribution in [1.29, 1.82) is 0 Å². The molecule has 2 aromatic rings. The number of rotatable bonds is 3. The van der Waals surface area contributed by atoms with E-state index >= 15 is 0 Å². The molecule has 0 aromatic heterocycles. The van der Waals surface area contributed by atoms with E-state index in [4.69, 9.17) is 22.5 Å². The Morgan fingerprint density at radius 3 is 2.40 bits per heavy atom. The maximum absolute atomic E-state index is 11.2. The lowest BCUT2D eigenvalue weighted by Crippen LogP contribution is -2.12. The maximum atomic E-state index is 11.2. The number of benzene rings is 2. The molecule has 5 nitrogen and oxygen atoms in total. The predicted octanol–water partition coefficient (Wildman–Crippen LogP) is 3.08. The molecule has 0 saturated heterocycles. The first-order chi connectivity index (χ1) is 9.27. The van der Waals surface area contributed by atoms with E-state index in [1.165, 1.54) is 12.1 Å². The minimum atomic E-state index is -3.76. The fourth-order valence-corrected chi connectivity index (χ4v) is 2.54. The molecule has 0 aliphatic rings. The molecule has 0 heterocycles.